The molecule has 0 aromatic heterocycles. The summed E-state index contributed by atoms with van der Waals surface area (Å²) in [7, 11) is 0. The van der Waals surface area contributed by atoms with Gasteiger partial charge in [0.25, 0.3) is 0 Å². The van der Waals surface area contributed by atoms with Crippen LogP contribution in [-0.2, 0) is 24.0 Å². The zero-order chi connectivity index (χ0) is 21.3. The van der Waals surface area contributed by atoms with Gasteiger partial charge >= 0.3 is 5.97 Å². The van der Waals surface area contributed by atoms with Gasteiger partial charge < -0.3 is 14.2 Å². The fourth-order valence-corrected chi connectivity index (χ4v) is 2.26. The Labute approximate surface area is 168 Å². The average molecular weight is 391 g/mol. The van der Waals surface area contributed by atoms with Crippen molar-refractivity contribution in [3.8, 4) is 0 Å². The summed E-state index contributed by atoms with van der Waals surface area (Å²) in [5.41, 5.74) is -1.07. The van der Waals surface area contributed by atoms with Crippen LogP contribution in [0.3, 0.4) is 0 Å². The minimum Gasteiger partial charge on any atom is -0.380 e. The lowest BCUT2D eigenvalue weighted by atomic mass is 9.90. The summed E-state index contributed by atoms with van der Waals surface area (Å²) in [6.07, 6.45) is 1.69. The van der Waals surface area contributed by atoms with Crippen LogP contribution in [0.5, 0.6) is 0 Å². The molecular formula is C22H46O5. The molecule has 0 N–H and O–H groups in total. The van der Waals surface area contributed by atoms with Crippen molar-refractivity contribution in [3.63, 3.8) is 0 Å². The lowest BCUT2D eigenvalue weighted by Crippen LogP contribution is -2.58. The second kappa shape index (κ2) is 11.7. The molecule has 0 saturated heterocycles. The van der Waals surface area contributed by atoms with Gasteiger partial charge in [0.1, 0.15) is 0 Å². The van der Waals surface area contributed by atoms with Gasteiger partial charge in [0.15, 0.2) is 0 Å². The van der Waals surface area contributed by atoms with E-state index in [-0.39, 0.29) is 6.10 Å². The molecule has 0 aliphatic carbocycles. The summed E-state index contributed by atoms with van der Waals surface area (Å²) in [4.78, 5) is 11.5. The van der Waals surface area contributed by atoms with Crippen LogP contribution >= 0.6 is 0 Å². The highest BCUT2D eigenvalue weighted by atomic mass is 17.3. The Bertz CT molecular complexity index is 387. The van der Waals surface area contributed by atoms with E-state index >= 15 is 0 Å². The molecule has 0 saturated carbocycles. The molecule has 5 heteroatoms. The molecule has 0 aromatic carbocycles. The maximum absolute atomic E-state index is 6.38. The van der Waals surface area contributed by atoms with Crippen molar-refractivity contribution in [1.82, 2.24) is 0 Å². The normalized spacial score (nSPS) is 16.8. The van der Waals surface area contributed by atoms with E-state index in [1.807, 2.05) is 41.5 Å². The van der Waals surface area contributed by atoms with Crippen molar-refractivity contribution in [1.29, 1.82) is 0 Å². The molecule has 0 aliphatic heterocycles. The fourth-order valence-electron chi connectivity index (χ4n) is 2.26. The molecule has 0 amide bonds. The third kappa shape index (κ3) is 10.8. The first-order valence-corrected chi connectivity index (χ1v) is 10.5. The third-order valence-electron chi connectivity index (χ3n) is 4.06. The molecule has 27 heavy (non-hydrogen) atoms. The van der Waals surface area contributed by atoms with Crippen LogP contribution in [0.4, 0.5) is 0 Å². The van der Waals surface area contributed by atoms with E-state index in [9.17, 15) is 0 Å². The molecule has 0 fully saturated rings. The van der Waals surface area contributed by atoms with E-state index in [1.165, 1.54) is 0 Å². The zero-order valence-electron chi connectivity index (χ0n) is 19.8. The van der Waals surface area contributed by atoms with Crippen LogP contribution in [0.25, 0.3) is 0 Å². The van der Waals surface area contributed by atoms with Crippen molar-refractivity contribution in [2.45, 2.75) is 107 Å². The monoisotopic (exact) mass is 390 g/mol. The number of hydrogen-bond donors (Lipinski definition) is 0. The van der Waals surface area contributed by atoms with Crippen LogP contribution in [-0.4, -0.2) is 37.5 Å². The lowest BCUT2D eigenvalue weighted by molar-refractivity contribution is -0.555. The first kappa shape index (κ1) is 26.8. The SMILES string of the molecule is CCC(C)OC(OOCCC(C)C)(OC(C)(C)C)C(C)(C)COCC(C)C. The molecule has 0 heterocycles. The summed E-state index contributed by atoms with van der Waals surface area (Å²) in [5.74, 6) is -0.379. The minimum atomic E-state index is -1.37. The molecule has 0 radical (unpaired) electrons. The zero-order valence-corrected chi connectivity index (χ0v) is 19.8. The highest BCUT2D eigenvalue weighted by Gasteiger charge is 2.54. The van der Waals surface area contributed by atoms with Gasteiger partial charge in [-0.1, -0.05) is 34.6 Å². The van der Waals surface area contributed by atoms with Crippen molar-refractivity contribution in [3.05, 3.63) is 0 Å². The van der Waals surface area contributed by atoms with Gasteiger partial charge in [-0.2, -0.15) is 4.89 Å². The Morgan fingerprint density at radius 1 is 0.852 bits per heavy atom. The van der Waals surface area contributed by atoms with Gasteiger partial charge in [0, 0.05) is 6.61 Å². The van der Waals surface area contributed by atoms with Gasteiger partial charge in [-0.3, -0.25) is 0 Å². The molecule has 2 atom stereocenters. The Hall–Kier alpha value is -0.200. The summed E-state index contributed by atoms with van der Waals surface area (Å²) >= 11 is 0. The predicted molar refractivity (Wildman–Crippen MR) is 110 cm³/mol. The molecule has 0 aromatic rings. The summed E-state index contributed by atoms with van der Waals surface area (Å²) in [6.45, 7) is 24.3. The van der Waals surface area contributed by atoms with Crippen LogP contribution in [0.1, 0.15) is 89.0 Å². The highest BCUT2D eigenvalue weighted by Crippen LogP contribution is 2.41. The second-order valence-electron chi connectivity index (χ2n) is 9.99. The van der Waals surface area contributed by atoms with E-state index in [2.05, 4.69) is 34.6 Å². The van der Waals surface area contributed by atoms with Crippen LogP contribution < -0.4 is 0 Å². The largest absolute Gasteiger partial charge is 0.380 e. The minimum absolute atomic E-state index is 0.0505. The Kier molecular flexibility index (Phi) is 11.6. The number of rotatable bonds is 14. The molecule has 5 nitrogen and oxygen atoms in total. The second-order valence-corrected chi connectivity index (χ2v) is 9.99. The van der Waals surface area contributed by atoms with Gasteiger partial charge in [0.05, 0.1) is 30.3 Å². The van der Waals surface area contributed by atoms with E-state index in [4.69, 9.17) is 24.0 Å². The van der Waals surface area contributed by atoms with Crippen LogP contribution in [0, 0.1) is 17.3 Å². The first-order chi connectivity index (χ1) is 12.2. The average Bonchev–Trinajstić information content (AvgIpc) is 2.48. The highest BCUT2D eigenvalue weighted by molar-refractivity contribution is 4.83. The summed E-state index contributed by atoms with van der Waals surface area (Å²) in [6, 6.07) is 0. The molecule has 2 unspecified atom stereocenters. The van der Waals surface area contributed by atoms with Gasteiger partial charge in [-0.05, 0) is 66.2 Å². The van der Waals surface area contributed by atoms with E-state index in [0.29, 0.717) is 31.7 Å². The van der Waals surface area contributed by atoms with Gasteiger partial charge in [0.2, 0.25) is 0 Å². The summed E-state index contributed by atoms with van der Waals surface area (Å²) < 4.78 is 18.7. The molecule has 0 spiro atoms. The van der Waals surface area contributed by atoms with Crippen molar-refractivity contribution in [2.24, 2.45) is 17.3 Å². The molecule has 0 bridgehead atoms. The Balaban J connectivity index is 5.56. The van der Waals surface area contributed by atoms with E-state index in [1.54, 1.807) is 0 Å². The van der Waals surface area contributed by atoms with Crippen molar-refractivity contribution < 1.29 is 24.0 Å². The van der Waals surface area contributed by atoms with Crippen molar-refractivity contribution in [2.75, 3.05) is 19.8 Å². The lowest BCUT2D eigenvalue weighted by Gasteiger charge is -2.47. The quantitative estimate of drug-likeness (QED) is 0.158. The molecular weight excluding hydrogens is 344 g/mol. The van der Waals surface area contributed by atoms with Gasteiger partial charge in [-0.15, -0.1) is 0 Å². The topological polar surface area (TPSA) is 46.2 Å². The van der Waals surface area contributed by atoms with E-state index in [0.717, 1.165) is 12.8 Å². The van der Waals surface area contributed by atoms with Crippen LogP contribution in [0.2, 0.25) is 0 Å². The van der Waals surface area contributed by atoms with Crippen molar-refractivity contribution >= 4 is 0 Å². The molecule has 0 rings (SSSR count). The molecule has 164 valence electrons. The standard InChI is InChI=1S/C22H46O5/c1-12-19(6)25-22(26-20(7,8)9,27-24-14-13-17(2)3)21(10,11)16-23-15-18(4)5/h17-19H,12-16H2,1-11H3. The smallest absolute Gasteiger partial charge is 0.320 e. The maximum atomic E-state index is 6.38. The number of hydrogen-bond acceptors (Lipinski definition) is 5. The fraction of sp³-hybridized carbons (Fsp3) is 1.00. The Morgan fingerprint density at radius 3 is 1.89 bits per heavy atom. The molecule has 0 aliphatic rings. The number of ether oxygens (including phenoxy) is 3. The predicted octanol–water partition coefficient (Wildman–Crippen LogP) is 5.96. The van der Waals surface area contributed by atoms with Gasteiger partial charge in [-0.25, -0.2) is 4.89 Å². The Morgan fingerprint density at radius 2 is 1.44 bits per heavy atom. The maximum Gasteiger partial charge on any atom is 0.320 e. The van der Waals surface area contributed by atoms with Crippen LogP contribution in [0.15, 0.2) is 0 Å². The van der Waals surface area contributed by atoms with E-state index < -0.39 is 17.0 Å². The first-order valence-electron chi connectivity index (χ1n) is 10.5. The third-order valence-corrected chi connectivity index (χ3v) is 4.06. The summed E-state index contributed by atoms with van der Waals surface area (Å²) in [5, 5.41) is 0.